The number of sulfonamides is 1. The van der Waals surface area contributed by atoms with Crippen molar-refractivity contribution in [3.05, 3.63) is 83.7 Å². The molecule has 132 valence electrons. The van der Waals surface area contributed by atoms with Gasteiger partial charge in [-0.1, -0.05) is 36.4 Å². The van der Waals surface area contributed by atoms with Gasteiger partial charge in [-0.25, -0.2) is 8.42 Å². The average Bonchev–Trinajstić information content (AvgIpc) is 3.09. The summed E-state index contributed by atoms with van der Waals surface area (Å²) in [5.41, 5.74) is 2.23. The highest BCUT2D eigenvalue weighted by molar-refractivity contribution is 7.89. The molecule has 0 aliphatic heterocycles. The largest absolute Gasteiger partial charge is 0.268 e. The van der Waals surface area contributed by atoms with Crippen molar-refractivity contribution in [2.75, 3.05) is 7.05 Å². The molecule has 0 radical (unpaired) electrons. The van der Waals surface area contributed by atoms with Gasteiger partial charge in [0.15, 0.2) is 0 Å². The minimum atomic E-state index is -3.67. The van der Waals surface area contributed by atoms with Crippen molar-refractivity contribution in [2.24, 2.45) is 0 Å². The quantitative estimate of drug-likeness (QED) is 0.672. The molecule has 0 bridgehead atoms. The van der Waals surface area contributed by atoms with Gasteiger partial charge in [-0.05, 0) is 23.8 Å². The number of rotatable bonds is 6. The lowest BCUT2D eigenvalue weighted by molar-refractivity contribution is 0.466. The van der Waals surface area contributed by atoms with Gasteiger partial charge in [0.25, 0.3) is 0 Å². The maximum atomic E-state index is 12.7. The fourth-order valence-corrected chi connectivity index (χ4v) is 3.80. The van der Waals surface area contributed by atoms with Gasteiger partial charge in [-0.3, -0.25) is 4.68 Å². The number of hydrogen-bond acceptors (Lipinski definition) is 4. The Labute approximate surface area is 153 Å². The highest BCUT2D eigenvalue weighted by Gasteiger charge is 2.21. The van der Waals surface area contributed by atoms with Gasteiger partial charge < -0.3 is 0 Å². The van der Waals surface area contributed by atoms with E-state index >= 15 is 0 Å². The van der Waals surface area contributed by atoms with E-state index in [9.17, 15) is 8.42 Å². The topological polar surface area (TPSA) is 79.0 Å². The van der Waals surface area contributed by atoms with E-state index in [1.807, 2.05) is 42.6 Å². The van der Waals surface area contributed by atoms with Crippen LogP contribution in [0.2, 0.25) is 0 Å². The monoisotopic (exact) mass is 366 g/mol. The van der Waals surface area contributed by atoms with Crippen molar-refractivity contribution in [2.45, 2.75) is 18.0 Å². The first-order valence-corrected chi connectivity index (χ1v) is 9.45. The average molecular weight is 366 g/mol. The zero-order chi connectivity index (χ0) is 18.6. The highest BCUT2D eigenvalue weighted by Crippen LogP contribution is 2.18. The molecule has 26 heavy (non-hydrogen) atoms. The summed E-state index contributed by atoms with van der Waals surface area (Å²) in [6.45, 7) is 0.829. The van der Waals surface area contributed by atoms with Gasteiger partial charge in [-0.15, -0.1) is 0 Å². The van der Waals surface area contributed by atoms with Gasteiger partial charge in [0.2, 0.25) is 10.0 Å². The number of aromatic nitrogens is 2. The molecule has 0 aliphatic rings. The second kappa shape index (κ2) is 7.52. The number of nitriles is 1. The minimum absolute atomic E-state index is 0.107. The van der Waals surface area contributed by atoms with Crippen LogP contribution in [0.5, 0.6) is 0 Å². The molecule has 3 aromatic rings. The third-order valence-electron chi connectivity index (χ3n) is 3.95. The summed E-state index contributed by atoms with van der Waals surface area (Å²) < 4.78 is 28.4. The van der Waals surface area contributed by atoms with E-state index in [2.05, 4.69) is 5.10 Å². The number of nitrogens with zero attached hydrogens (tertiary/aromatic N) is 4. The van der Waals surface area contributed by atoms with Gasteiger partial charge in [0.05, 0.1) is 29.3 Å². The molecule has 0 fully saturated rings. The van der Waals surface area contributed by atoms with E-state index in [0.29, 0.717) is 12.1 Å². The van der Waals surface area contributed by atoms with Crippen LogP contribution in [0, 0.1) is 11.3 Å². The van der Waals surface area contributed by atoms with Gasteiger partial charge >= 0.3 is 0 Å². The first-order chi connectivity index (χ1) is 12.5. The lowest BCUT2D eigenvalue weighted by Crippen LogP contribution is -2.26. The number of benzene rings is 2. The molecule has 0 saturated carbocycles. The zero-order valence-corrected chi connectivity index (χ0v) is 15.1. The summed E-state index contributed by atoms with van der Waals surface area (Å²) in [6.07, 6.45) is 3.51. The SMILES string of the molecule is CN(Cc1cnn(Cc2ccccc2)c1)S(=O)(=O)c1cccc(C#N)c1. The molecule has 0 unspecified atom stereocenters. The van der Waals surface area contributed by atoms with Crippen LogP contribution in [-0.2, 0) is 23.1 Å². The fourth-order valence-electron chi connectivity index (χ4n) is 2.59. The number of hydrogen-bond donors (Lipinski definition) is 0. The Morgan fingerprint density at radius 3 is 2.62 bits per heavy atom. The van der Waals surface area contributed by atoms with Crippen LogP contribution in [0.3, 0.4) is 0 Å². The van der Waals surface area contributed by atoms with Crippen LogP contribution in [0.1, 0.15) is 16.7 Å². The summed E-state index contributed by atoms with van der Waals surface area (Å²) in [5, 5.41) is 13.3. The molecule has 7 heteroatoms. The van der Waals surface area contributed by atoms with E-state index in [0.717, 1.165) is 11.1 Å². The Balaban J connectivity index is 1.73. The summed E-state index contributed by atoms with van der Waals surface area (Å²) in [5.74, 6) is 0. The Morgan fingerprint density at radius 2 is 1.88 bits per heavy atom. The summed E-state index contributed by atoms with van der Waals surface area (Å²) in [7, 11) is -2.16. The molecule has 6 nitrogen and oxygen atoms in total. The lowest BCUT2D eigenvalue weighted by atomic mass is 10.2. The second-order valence-corrected chi connectivity index (χ2v) is 7.98. The van der Waals surface area contributed by atoms with Crippen molar-refractivity contribution >= 4 is 10.0 Å². The van der Waals surface area contributed by atoms with Crippen molar-refractivity contribution in [1.29, 1.82) is 5.26 Å². The zero-order valence-electron chi connectivity index (χ0n) is 14.3. The van der Waals surface area contributed by atoms with Crippen LogP contribution in [-0.4, -0.2) is 29.6 Å². The van der Waals surface area contributed by atoms with Crippen molar-refractivity contribution in [3.63, 3.8) is 0 Å². The first-order valence-electron chi connectivity index (χ1n) is 8.01. The molecule has 0 atom stereocenters. The van der Waals surface area contributed by atoms with Crippen LogP contribution in [0.15, 0.2) is 71.9 Å². The Hall–Kier alpha value is -2.95. The van der Waals surface area contributed by atoms with Crippen molar-refractivity contribution in [3.8, 4) is 6.07 Å². The Kier molecular flexibility index (Phi) is 5.16. The molecule has 1 heterocycles. The van der Waals surface area contributed by atoms with E-state index in [4.69, 9.17) is 5.26 Å². The predicted octanol–water partition coefficient (Wildman–Crippen LogP) is 2.62. The molecule has 0 aliphatic carbocycles. The molecule has 0 N–H and O–H groups in total. The fraction of sp³-hybridized carbons (Fsp3) is 0.158. The molecule has 1 aromatic heterocycles. The molecular formula is C19H18N4O2S. The third kappa shape index (κ3) is 3.99. The predicted molar refractivity (Wildman–Crippen MR) is 97.6 cm³/mol. The molecule has 2 aromatic carbocycles. The lowest BCUT2D eigenvalue weighted by Gasteiger charge is -2.16. The molecule has 0 saturated heterocycles. The third-order valence-corrected chi connectivity index (χ3v) is 5.75. The summed E-state index contributed by atoms with van der Waals surface area (Å²) in [6, 6.07) is 17.9. The van der Waals surface area contributed by atoms with Crippen LogP contribution < -0.4 is 0 Å². The van der Waals surface area contributed by atoms with Gasteiger partial charge in [0.1, 0.15) is 0 Å². The maximum absolute atomic E-state index is 12.7. The maximum Gasteiger partial charge on any atom is 0.243 e. The van der Waals surface area contributed by atoms with E-state index < -0.39 is 10.0 Å². The highest BCUT2D eigenvalue weighted by atomic mass is 32.2. The normalized spacial score (nSPS) is 11.4. The Morgan fingerprint density at radius 1 is 1.12 bits per heavy atom. The van der Waals surface area contributed by atoms with Gasteiger partial charge in [0, 0.05) is 25.4 Å². The Bertz CT molecular complexity index is 1040. The molecular weight excluding hydrogens is 348 g/mol. The van der Waals surface area contributed by atoms with Crippen LogP contribution in [0.4, 0.5) is 0 Å². The molecule has 0 amide bonds. The van der Waals surface area contributed by atoms with E-state index in [-0.39, 0.29) is 11.4 Å². The van der Waals surface area contributed by atoms with E-state index in [1.165, 1.54) is 23.5 Å². The smallest absolute Gasteiger partial charge is 0.243 e. The molecule has 3 rings (SSSR count). The second-order valence-electron chi connectivity index (χ2n) is 5.93. The molecule has 0 spiro atoms. The van der Waals surface area contributed by atoms with Crippen LogP contribution in [0.25, 0.3) is 0 Å². The summed E-state index contributed by atoms with van der Waals surface area (Å²) >= 11 is 0. The van der Waals surface area contributed by atoms with Gasteiger partial charge in [-0.2, -0.15) is 14.7 Å². The first kappa shape index (κ1) is 17.9. The van der Waals surface area contributed by atoms with Crippen molar-refractivity contribution in [1.82, 2.24) is 14.1 Å². The summed E-state index contributed by atoms with van der Waals surface area (Å²) in [4.78, 5) is 0.107. The van der Waals surface area contributed by atoms with Crippen LogP contribution >= 0.6 is 0 Å². The standard InChI is InChI=1S/C19H18N4O2S/c1-22(26(24,25)19-9-5-8-17(10-19)11-20)13-18-12-21-23(15-18)14-16-6-3-2-4-7-16/h2-10,12,15H,13-14H2,1H3. The van der Waals surface area contributed by atoms with E-state index in [1.54, 1.807) is 23.0 Å². The minimum Gasteiger partial charge on any atom is -0.268 e. The van der Waals surface area contributed by atoms with Crippen molar-refractivity contribution < 1.29 is 8.42 Å².